The van der Waals surface area contributed by atoms with E-state index in [0.717, 1.165) is 22.2 Å². The third-order valence-corrected chi connectivity index (χ3v) is 5.90. The fourth-order valence-corrected chi connectivity index (χ4v) is 4.05. The fraction of sp³-hybridized carbons (Fsp3) is 0.250. The lowest BCUT2D eigenvalue weighted by Crippen LogP contribution is -2.51. The van der Waals surface area contributed by atoms with Crippen molar-refractivity contribution in [2.75, 3.05) is 26.2 Å². The van der Waals surface area contributed by atoms with Gasteiger partial charge in [0.15, 0.2) is 0 Å². The lowest BCUT2D eigenvalue weighted by atomic mass is 10.0. The Kier molecular flexibility index (Phi) is 5.52. The molecule has 166 valence electrons. The molecule has 0 N–H and O–H groups in total. The predicted molar refractivity (Wildman–Crippen MR) is 122 cm³/mol. The number of hydrogen-bond donors (Lipinski definition) is 0. The molecule has 0 bridgehead atoms. The number of fused-ring (bicyclic) bond motifs is 1. The summed E-state index contributed by atoms with van der Waals surface area (Å²) in [6.07, 6.45) is 1.41. The summed E-state index contributed by atoms with van der Waals surface area (Å²) in [5, 5.41) is 11.7. The van der Waals surface area contributed by atoms with Gasteiger partial charge in [0, 0.05) is 37.1 Å². The summed E-state index contributed by atoms with van der Waals surface area (Å²) in [7, 11) is 0. The molecule has 2 amide bonds. The first-order valence-corrected chi connectivity index (χ1v) is 10.8. The van der Waals surface area contributed by atoms with Crippen LogP contribution >= 0.6 is 0 Å². The number of pyridine rings is 1. The van der Waals surface area contributed by atoms with Crippen molar-refractivity contribution in [3.8, 4) is 11.3 Å². The van der Waals surface area contributed by atoms with Crippen molar-refractivity contribution in [3.63, 3.8) is 0 Å². The Labute approximate surface area is 190 Å². The van der Waals surface area contributed by atoms with Crippen LogP contribution in [0.3, 0.4) is 0 Å². The van der Waals surface area contributed by atoms with Crippen molar-refractivity contribution in [2.45, 2.75) is 13.5 Å². The number of aromatic nitrogens is 5. The van der Waals surface area contributed by atoms with E-state index in [1.54, 1.807) is 4.90 Å². The lowest BCUT2D eigenvalue weighted by molar-refractivity contribution is -0.133. The van der Waals surface area contributed by atoms with Gasteiger partial charge in [-0.3, -0.25) is 9.59 Å². The minimum atomic E-state index is -0.0644. The zero-order valence-electron chi connectivity index (χ0n) is 18.3. The van der Waals surface area contributed by atoms with Gasteiger partial charge < -0.3 is 9.80 Å². The van der Waals surface area contributed by atoms with Gasteiger partial charge in [-0.1, -0.05) is 48.0 Å². The van der Waals surface area contributed by atoms with E-state index in [9.17, 15) is 9.59 Å². The molecule has 1 fully saturated rings. The molecule has 33 heavy (non-hydrogen) atoms. The van der Waals surface area contributed by atoms with E-state index < -0.39 is 0 Å². The monoisotopic (exact) mass is 441 g/mol. The summed E-state index contributed by atoms with van der Waals surface area (Å²) in [5.41, 5.74) is 4.33. The molecule has 0 radical (unpaired) electrons. The number of para-hydroxylation sites is 1. The number of benzene rings is 2. The maximum atomic E-state index is 13.5. The van der Waals surface area contributed by atoms with Gasteiger partial charge >= 0.3 is 0 Å². The van der Waals surface area contributed by atoms with Crippen LogP contribution in [0.15, 0.2) is 60.9 Å². The Morgan fingerprint density at radius 2 is 1.67 bits per heavy atom. The number of nitrogens with zero attached hydrogens (tertiary/aromatic N) is 7. The van der Waals surface area contributed by atoms with Gasteiger partial charge in [-0.25, -0.2) is 9.67 Å². The summed E-state index contributed by atoms with van der Waals surface area (Å²) in [6, 6.07) is 17.7. The normalized spacial score (nSPS) is 14.0. The molecule has 0 spiro atoms. The molecule has 3 heterocycles. The maximum absolute atomic E-state index is 13.5. The van der Waals surface area contributed by atoms with Crippen LogP contribution in [-0.2, 0) is 11.3 Å². The van der Waals surface area contributed by atoms with Crippen LogP contribution in [-0.4, -0.2) is 73.0 Å². The Morgan fingerprint density at radius 3 is 2.39 bits per heavy atom. The van der Waals surface area contributed by atoms with Gasteiger partial charge in [0.2, 0.25) is 5.91 Å². The highest BCUT2D eigenvalue weighted by Gasteiger charge is 2.26. The Bertz CT molecular complexity index is 1290. The second-order valence-electron chi connectivity index (χ2n) is 8.12. The SMILES string of the molecule is Cc1ccc(-c2cc(C(=O)N3CCN(C(=O)Cn4cnnn4)CC3)c3ccccc3n2)cc1. The molecular formula is C24H23N7O2. The van der Waals surface area contributed by atoms with Crippen molar-refractivity contribution in [1.82, 2.24) is 35.0 Å². The van der Waals surface area contributed by atoms with Crippen LogP contribution in [0.1, 0.15) is 15.9 Å². The lowest BCUT2D eigenvalue weighted by Gasteiger charge is -2.35. The highest BCUT2D eigenvalue weighted by Crippen LogP contribution is 2.26. The standard InChI is InChI=1S/C24H23N7O2/c1-17-6-8-18(9-7-17)22-14-20(19-4-2-3-5-21(19)26-22)24(33)30-12-10-29(11-13-30)23(32)15-31-16-25-27-28-31/h2-9,14,16H,10-13,15H2,1H3. The van der Waals surface area contributed by atoms with Crippen molar-refractivity contribution in [2.24, 2.45) is 0 Å². The van der Waals surface area contributed by atoms with E-state index in [0.29, 0.717) is 31.7 Å². The molecule has 1 aliphatic heterocycles. The Balaban J connectivity index is 1.37. The first-order chi connectivity index (χ1) is 16.1. The van der Waals surface area contributed by atoms with E-state index >= 15 is 0 Å². The number of piperazine rings is 1. The molecule has 5 rings (SSSR count). The van der Waals surface area contributed by atoms with Crippen LogP contribution in [0.2, 0.25) is 0 Å². The van der Waals surface area contributed by atoms with E-state index in [1.165, 1.54) is 16.6 Å². The average Bonchev–Trinajstić information content (AvgIpc) is 3.36. The third-order valence-electron chi connectivity index (χ3n) is 5.90. The molecule has 9 nitrogen and oxygen atoms in total. The van der Waals surface area contributed by atoms with Crippen LogP contribution in [0.5, 0.6) is 0 Å². The second kappa shape index (κ2) is 8.78. The Morgan fingerprint density at radius 1 is 0.939 bits per heavy atom. The van der Waals surface area contributed by atoms with Gasteiger partial charge in [0.1, 0.15) is 12.9 Å². The van der Waals surface area contributed by atoms with E-state index in [-0.39, 0.29) is 18.4 Å². The number of rotatable bonds is 4. The number of aryl methyl sites for hydroxylation is 1. The topological polar surface area (TPSA) is 97.1 Å². The number of hydrogen-bond acceptors (Lipinski definition) is 6. The zero-order chi connectivity index (χ0) is 22.8. The highest BCUT2D eigenvalue weighted by molar-refractivity contribution is 6.07. The van der Waals surface area contributed by atoms with Crippen LogP contribution < -0.4 is 0 Å². The third kappa shape index (κ3) is 4.30. The average molecular weight is 441 g/mol. The van der Waals surface area contributed by atoms with Crippen LogP contribution in [0.4, 0.5) is 0 Å². The summed E-state index contributed by atoms with van der Waals surface area (Å²) in [6.45, 7) is 4.02. The molecule has 1 saturated heterocycles. The minimum Gasteiger partial charge on any atom is -0.338 e. The smallest absolute Gasteiger partial charge is 0.254 e. The summed E-state index contributed by atoms with van der Waals surface area (Å²) < 4.78 is 1.40. The largest absolute Gasteiger partial charge is 0.338 e. The van der Waals surface area contributed by atoms with E-state index in [1.807, 2.05) is 66.4 Å². The molecule has 2 aromatic carbocycles. The van der Waals surface area contributed by atoms with Crippen LogP contribution in [0.25, 0.3) is 22.2 Å². The van der Waals surface area contributed by atoms with E-state index in [4.69, 9.17) is 4.98 Å². The zero-order valence-corrected chi connectivity index (χ0v) is 18.3. The summed E-state index contributed by atoms with van der Waals surface area (Å²) in [5.74, 6) is -0.111. The minimum absolute atomic E-state index is 0.0467. The van der Waals surface area contributed by atoms with E-state index in [2.05, 4.69) is 15.5 Å². The predicted octanol–water partition coefficient (Wildman–Crippen LogP) is 2.18. The molecule has 0 unspecified atom stereocenters. The summed E-state index contributed by atoms with van der Waals surface area (Å²) in [4.78, 5) is 34.4. The first kappa shape index (κ1) is 20.7. The molecular weight excluding hydrogens is 418 g/mol. The van der Waals surface area contributed by atoms with Gasteiger partial charge in [0.25, 0.3) is 5.91 Å². The molecule has 9 heteroatoms. The molecule has 4 aromatic rings. The second-order valence-corrected chi connectivity index (χ2v) is 8.12. The number of amides is 2. The van der Waals surface area contributed by atoms with Gasteiger partial charge in [0.05, 0.1) is 16.8 Å². The fourth-order valence-electron chi connectivity index (χ4n) is 4.05. The molecule has 2 aromatic heterocycles. The molecule has 0 atom stereocenters. The quantitative estimate of drug-likeness (QED) is 0.482. The number of carbonyl (C=O) groups excluding carboxylic acids is 2. The molecule has 0 aliphatic carbocycles. The van der Waals surface area contributed by atoms with Crippen molar-refractivity contribution in [1.29, 1.82) is 0 Å². The molecule has 0 saturated carbocycles. The van der Waals surface area contributed by atoms with Gasteiger partial charge in [-0.15, -0.1) is 5.10 Å². The van der Waals surface area contributed by atoms with Crippen LogP contribution in [0, 0.1) is 6.92 Å². The maximum Gasteiger partial charge on any atom is 0.254 e. The molecule has 1 aliphatic rings. The number of tetrazole rings is 1. The van der Waals surface area contributed by atoms with Gasteiger partial charge in [-0.2, -0.15) is 0 Å². The first-order valence-electron chi connectivity index (χ1n) is 10.8. The highest BCUT2D eigenvalue weighted by atomic mass is 16.2. The van der Waals surface area contributed by atoms with Crippen molar-refractivity contribution in [3.05, 3.63) is 72.1 Å². The van der Waals surface area contributed by atoms with Crippen molar-refractivity contribution >= 4 is 22.7 Å². The number of carbonyl (C=O) groups is 2. The van der Waals surface area contributed by atoms with Gasteiger partial charge in [-0.05, 0) is 29.5 Å². The van der Waals surface area contributed by atoms with Crippen molar-refractivity contribution < 1.29 is 9.59 Å². The Hall–Kier alpha value is -4.14. The summed E-state index contributed by atoms with van der Waals surface area (Å²) >= 11 is 0.